The Hall–Kier alpha value is -3.58. The number of nitriles is 1. The van der Waals surface area contributed by atoms with Crippen LogP contribution in [0.2, 0.25) is 0 Å². The molecule has 0 fully saturated rings. The lowest BCUT2D eigenvalue weighted by atomic mass is 10.1. The lowest BCUT2D eigenvalue weighted by molar-refractivity contribution is -0.112. The molecule has 2 N–H and O–H groups in total. The van der Waals surface area contributed by atoms with Gasteiger partial charge in [-0.15, -0.1) is 0 Å². The second kappa shape index (κ2) is 6.67. The first-order valence-corrected chi connectivity index (χ1v) is 7.37. The summed E-state index contributed by atoms with van der Waals surface area (Å²) in [5.74, 6) is -0.410. The highest BCUT2D eigenvalue weighted by atomic mass is 16.3. The molecular formula is C20H14N2O2. The molecule has 0 aliphatic rings. The van der Waals surface area contributed by atoms with E-state index in [1.165, 1.54) is 18.2 Å². The summed E-state index contributed by atoms with van der Waals surface area (Å²) >= 11 is 0. The Balaban J connectivity index is 1.85. The second-order valence-electron chi connectivity index (χ2n) is 5.28. The summed E-state index contributed by atoms with van der Waals surface area (Å²) in [5.41, 5.74) is 1.17. The molecule has 0 atom stereocenters. The Kier molecular flexibility index (Phi) is 4.26. The van der Waals surface area contributed by atoms with Crippen LogP contribution in [0.25, 0.3) is 16.8 Å². The molecule has 1 amide bonds. The number of phenols is 1. The van der Waals surface area contributed by atoms with Gasteiger partial charge in [0, 0.05) is 5.69 Å². The average molecular weight is 314 g/mol. The highest BCUT2D eigenvalue weighted by Gasteiger charge is 2.10. The third kappa shape index (κ3) is 3.42. The molecule has 0 saturated carbocycles. The molecular weight excluding hydrogens is 300 g/mol. The molecule has 116 valence electrons. The van der Waals surface area contributed by atoms with Crippen molar-refractivity contribution in [1.29, 1.82) is 5.26 Å². The first-order valence-electron chi connectivity index (χ1n) is 7.37. The summed E-state index contributed by atoms with van der Waals surface area (Å²) < 4.78 is 0. The lowest BCUT2D eigenvalue weighted by Crippen LogP contribution is -2.13. The topological polar surface area (TPSA) is 73.1 Å². The van der Waals surface area contributed by atoms with Gasteiger partial charge in [-0.25, -0.2) is 0 Å². The molecule has 0 aliphatic carbocycles. The molecule has 0 unspecified atom stereocenters. The summed E-state index contributed by atoms with van der Waals surface area (Å²) in [5, 5.41) is 23.5. The number of aromatic hydroxyl groups is 1. The van der Waals surface area contributed by atoms with Gasteiger partial charge in [0.25, 0.3) is 5.91 Å². The van der Waals surface area contributed by atoms with Gasteiger partial charge in [0.1, 0.15) is 17.4 Å². The maximum Gasteiger partial charge on any atom is 0.266 e. The Morgan fingerprint density at radius 3 is 2.54 bits per heavy atom. The van der Waals surface area contributed by atoms with Crippen LogP contribution < -0.4 is 5.32 Å². The maximum atomic E-state index is 12.3. The predicted octanol–water partition coefficient (Wildman–Crippen LogP) is 4.09. The zero-order valence-electron chi connectivity index (χ0n) is 12.7. The smallest absolute Gasteiger partial charge is 0.266 e. The van der Waals surface area contributed by atoms with Crippen LogP contribution >= 0.6 is 0 Å². The van der Waals surface area contributed by atoms with Crippen molar-refractivity contribution < 1.29 is 9.90 Å². The van der Waals surface area contributed by atoms with Crippen molar-refractivity contribution in [1.82, 2.24) is 0 Å². The van der Waals surface area contributed by atoms with E-state index in [1.807, 2.05) is 42.5 Å². The Bertz CT molecular complexity index is 984. The fraction of sp³-hybridized carbons (Fsp3) is 0. The molecule has 0 aliphatic heterocycles. The molecule has 3 aromatic carbocycles. The van der Waals surface area contributed by atoms with Crippen LogP contribution in [-0.4, -0.2) is 11.0 Å². The summed E-state index contributed by atoms with van der Waals surface area (Å²) in [7, 11) is 0. The van der Waals surface area contributed by atoms with E-state index >= 15 is 0 Å². The monoisotopic (exact) mass is 314 g/mol. The minimum absolute atomic E-state index is 0.0336. The SMILES string of the molecule is N#C/C(=C\c1cccc(O)c1)C(=O)Nc1ccc2ccccc2c1. The number of carbonyl (C=O) groups excluding carboxylic acids is 1. The number of rotatable bonds is 3. The summed E-state index contributed by atoms with van der Waals surface area (Å²) in [6.45, 7) is 0. The standard InChI is InChI=1S/C20H14N2O2/c21-13-17(10-14-4-3-7-19(23)11-14)20(24)22-18-9-8-15-5-1-2-6-16(15)12-18/h1-12,23H,(H,22,24)/b17-10+. The Labute approximate surface area is 139 Å². The molecule has 0 aromatic heterocycles. The van der Waals surface area contributed by atoms with Crippen LogP contribution in [-0.2, 0) is 4.79 Å². The largest absolute Gasteiger partial charge is 0.508 e. The normalized spacial score (nSPS) is 11.0. The zero-order valence-corrected chi connectivity index (χ0v) is 12.7. The minimum Gasteiger partial charge on any atom is -0.508 e. The first kappa shape index (κ1) is 15.3. The number of benzene rings is 3. The van der Waals surface area contributed by atoms with Gasteiger partial charge < -0.3 is 10.4 Å². The predicted molar refractivity (Wildman–Crippen MR) is 94.3 cm³/mol. The van der Waals surface area contributed by atoms with Gasteiger partial charge in [0.2, 0.25) is 0 Å². The average Bonchev–Trinajstić information content (AvgIpc) is 2.59. The number of amides is 1. The number of carbonyl (C=O) groups is 1. The number of nitrogens with zero attached hydrogens (tertiary/aromatic N) is 1. The van der Waals surface area contributed by atoms with E-state index in [-0.39, 0.29) is 11.3 Å². The van der Waals surface area contributed by atoms with Crippen molar-refractivity contribution in [3.63, 3.8) is 0 Å². The molecule has 0 heterocycles. The highest BCUT2D eigenvalue weighted by molar-refractivity contribution is 6.10. The van der Waals surface area contributed by atoms with Crippen molar-refractivity contribution >= 4 is 28.4 Å². The van der Waals surface area contributed by atoms with Crippen LogP contribution in [0.3, 0.4) is 0 Å². The van der Waals surface area contributed by atoms with E-state index in [1.54, 1.807) is 18.2 Å². The fourth-order valence-electron chi connectivity index (χ4n) is 2.40. The molecule has 0 saturated heterocycles. The van der Waals surface area contributed by atoms with Crippen molar-refractivity contribution in [3.8, 4) is 11.8 Å². The third-order valence-corrected chi connectivity index (χ3v) is 3.55. The second-order valence-corrected chi connectivity index (χ2v) is 5.28. The molecule has 24 heavy (non-hydrogen) atoms. The summed E-state index contributed by atoms with van der Waals surface area (Å²) in [4.78, 5) is 12.3. The Morgan fingerprint density at radius 1 is 1.00 bits per heavy atom. The Morgan fingerprint density at radius 2 is 1.79 bits per heavy atom. The third-order valence-electron chi connectivity index (χ3n) is 3.55. The van der Waals surface area contributed by atoms with Gasteiger partial charge in [0.05, 0.1) is 0 Å². The van der Waals surface area contributed by atoms with E-state index in [9.17, 15) is 15.2 Å². The van der Waals surface area contributed by atoms with Crippen molar-refractivity contribution in [2.24, 2.45) is 0 Å². The zero-order chi connectivity index (χ0) is 16.9. The van der Waals surface area contributed by atoms with E-state index in [0.29, 0.717) is 11.3 Å². The number of anilines is 1. The molecule has 4 nitrogen and oxygen atoms in total. The fourth-order valence-corrected chi connectivity index (χ4v) is 2.40. The number of nitrogens with one attached hydrogen (secondary N) is 1. The summed E-state index contributed by atoms with van der Waals surface area (Å²) in [6, 6.07) is 21.7. The van der Waals surface area contributed by atoms with Crippen molar-refractivity contribution in [2.75, 3.05) is 5.32 Å². The van der Waals surface area contributed by atoms with Gasteiger partial charge in [-0.1, -0.05) is 42.5 Å². The van der Waals surface area contributed by atoms with Gasteiger partial charge in [0.15, 0.2) is 0 Å². The van der Waals surface area contributed by atoms with Crippen LogP contribution in [0.5, 0.6) is 5.75 Å². The van der Waals surface area contributed by atoms with E-state index < -0.39 is 5.91 Å². The first-order chi connectivity index (χ1) is 11.7. The highest BCUT2D eigenvalue weighted by Crippen LogP contribution is 2.20. The van der Waals surface area contributed by atoms with Crippen LogP contribution in [0, 0.1) is 11.3 Å². The number of hydrogen-bond acceptors (Lipinski definition) is 3. The van der Waals surface area contributed by atoms with Gasteiger partial charge in [-0.05, 0) is 46.7 Å². The molecule has 0 spiro atoms. The van der Waals surface area contributed by atoms with Crippen molar-refractivity contribution in [3.05, 3.63) is 77.9 Å². The van der Waals surface area contributed by atoms with Crippen LogP contribution in [0.4, 0.5) is 5.69 Å². The van der Waals surface area contributed by atoms with Crippen LogP contribution in [0.1, 0.15) is 5.56 Å². The van der Waals surface area contributed by atoms with E-state index in [0.717, 1.165) is 10.8 Å². The summed E-state index contributed by atoms with van der Waals surface area (Å²) in [6.07, 6.45) is 1.44. The molecule has 3 aromatic rings. The molecule has 4 heteroatoms. The number of fused-ring (bicyclic) bond motifs is 1. The quantitative estimate of drug-likeness (QED) is 0.565. The minimum atomic E-state index is -0.490. The van der Waals surface area contributed by atoms with Gasteiger partial charge >= 0.3 is 0 Å². The van der Waals surface area contributed by atoms with Crippen LogP contribution in [0.15, 0.2) is 72.3 Å². The maximum absolute atomic E-state index is 12.3. The van der Waals surface area contributed by atoms with Gasteiger partial charge in [-0.2, -0.15) is 5.26 Å². The molecule has 3 rings (SSSR count). The number of phenolic OH excluding ortho intramolecular Hbond substituents is 1. The van der Waals surface area contributed by atoms with Gasteiger partial charge in [-0.3, -0.25) is 4.79 Å². The lowest BCUT2D eigenvalue weighted by Gasteiger charge is -2.06. The molecule has 0 radical (unpaired) electrons. The van der Waals surface area contributed by atoms with E-state index in [2.05, 4.69) is 5.32 Å². The van der Waals surface area contributed by atoms with Crippen molar-refractivity contribution in [2.45, 2.75) is 0 Å². The molecule has 0 bridgehead atoms. The number of hydrogen-bond donors (Lipinski definition) is 2. The van der Waals surface area contributed by atoms with E-state index in [4.69, 9.17) is 0 Å².